The predicted molar refractivity (Wildman–Crippen MR) is 42.8 cm³/mol. The van der Waals surface area contributed by atoms with Gasteiger partial charge in [0.25, 0.3) is 0 Å². The van der Waals surface area contributed by atoms with Gasteiger partial charge in [0.2, 0.25) is 0 Å². The smallest absolute Gasteiger partial charge is 0.325 e. The molecule has 1 aromatic carbocycles. The Balaban J connectivity index is 0.000000720. The van der Waals surface area contributed by atoms with E-state index in [0.29, 0.717) is 5.92 Å². The quantitative estimate of drug-likeness (QED) is 0.413. The third-order valence-electron chi connectivity index (χ3n) is 1.94. The molecular weight excluding hydrogens is 173 g/mol. The van der Waals surface area contributed by atoms with E-state index in [1.807, 2.05) is 24.3 Å². The molecule has 1 nitrogen and oxygen atoms in total. The molecule has 1 aliphatic rings. The molecular formula is C10H8KN. The van der Waals surface area contributed by atoms with Gasteiger partial charge in [-0.05, 0) is 12.1 Å². The van der Waals surface area contributed by atoms with Crippen LogP contribution in [-0.4, -0.2) is 0 Å². The molecule has 0 N–H and O–H groups in total. The molecule has 1 fully saturated rings. The van der Waals surface area contributed by atoms with Gasteiger partial charge in [0.1, 0.15) is 0 Å². The molecule has 1 aromatic rings. The SMILES string of the molecule is N#Cc1ccc([C@@H]2[CH-]C2)cc1.[K+]. The summed E-state index contributed by atoms with van der Waals surface area (Å²) in [4.78, 5) is 0. The van der Waals surface area contributed by atoms with Gasteiger partial charge in [0.05, 0.1) is 11.6 Å². The molecule has 0 heterocycles. The van der Waals surface area contributed by atoms with Crippen molar-refractivity contribution in [1.82, 2.24) is 0 Å². The topological polar surface area (TPSA) is 23.8 Å². The van der Waals surface area contributed by atoms with E-state index in [4.69, 9.17) is 5.26 Å². The van der Waals surface area contributed by atoms with Crippen molar-refractivity contribution in [2.75, 3.05) is 0 Å². The van der Waals surface area contributed by atoms with Crippen molar-refractivity contribution in [2.24, 2.45) is 0 Å². The molecule has 0 saturated heterocycles. The van der Waals surface area contributed by atoms with Crippen molar-refractivity contribution in [3.63, 3.8) is 0 Å². The summed E-state index contributed by atoms with van der Waals surface area (Å²) in [5.74, 6) is 0.669. The minimum atomic E-state index is 0. The summed E-state index contributed by atoms with van der Waals surface area (Å²) in [6.45, 7) is 0. The maximum atomic E-state index is 8.52. The van der Waals surface area contributed by atoms with Gasteiger partial charge in [0.15, 0.2) is 0 Å². The van der Waals surface area contributed by atoms with Gasteiger partial charge in [-0.25, -0.2) is 0 Å². The van der Waals surface area contributed by atoms with E-state index in [9.17, 15) is 0 Å². The summed E-state index contributed by atoms with van der Waals surface area (Å²) in [7, 11) is 0. The molecule has 0 aromatic heterocycles. The number of nitriles is 1. The fraction of sp³-hybridized carbons (Fsp3) is 0.200. The molecule has 1 saturated carbocycles. The van der Waals surface area contributed by atoms with Crippen molar-refractivity contribution in [2.45, 2.75) is 12.3 Å². The molecule has 0 unspecified atom stereocenters. The first kappa shape index (κ1) is 10.4. The van der Waals surface area contributed by atoms with Gasteiger partial charge < -0.3 is 6.42 Å². The molecule has 54 valence electrons. The molecule has 2 rings (SSSR count). The van der Waals surface area contributed by atoms with Gasteiger partial charge in [0, 0.05) is 0 Å². The second-order valence-electron chi connectivity index (χ2n) is 2.81. The Bertz CT molecular complexity index is 293. The Kier molecular flexibility index (Phi) is 3.95. The Morgan fingerprint density at radius 2 is 1.92 bits per heavy atom. The number of rotatable bonds is 1. The van der Waals surface area contributed by atoms with Crippen LogP contribution < -0.4 is 51.4 Å². The number of hydrogen-bond donors (Lipinski definition) is 0. The van der Waals surface area contributed by atoms with Crippen LogP contribution in [-0.2, 0) is 0 Å². The van der Waals surface area contributed by atoms with Crippen molar-refractivity contribution in [3.05, 3.63) is 41.8 Å². The number of nitrogens with zero attached hydrogens (tertiary/aromatic N) is 1. The summed E-state index contributed by atoms with van der Waals surface area (Å²) >= 11 is 0. The van der Waals surface area contributed by atoms with E-state index in [-0.39, 0.29) is 51.4 Å². The Morgan fingerprint density at radius 1 is 1.33 bits per heavy atom. The maximum absolute atomic E-state index is 8.52. The summed E-state index contributed by atoms with van der Waals surface area (Å²) < 4.78 is 0. The van der Waals surface area contributed by atoms with Crippen LogP contribution in [0.1, 0.15) is 23.5 Å². The van der Waals surface area contributed by atoms with Crippen LogP contribution in [0.4, 0.5) is 0 Å². The predicted octanol–water partition coefficient (Wildman–Crippen LogP) is -0.746. The van der Waals surface area contributed by atoms with Crippen LogP contribution in [0.15, 0.2) is 24.3 Å². The normalized spacial score (nSPS) is 19.1. The Labute approximate surface area is 115 Å². The second-order valence-corrected chi connectivity index (χ2v) is 2.81. The van der Waals surface area contributed by atoms with Crippen molar-refractivity contribution in [3.8, 4) is 6.07 Å². The minimum Gasteiger partial charge on any atom is -0.325 e. The third-order valence-corrected chi connectivity index (χ3v) is 1.94. The minimum absolute atomic E-state index is 0. The molecule has 0 radical (unpaired) electrons. The molecule has 1 atom stereocenters. The average Bonchev–Trinajstić information content (AvgIpc) is 2.87. The molecule has 0 aliphatic heterocycles. The Morgan fingerprint density at radius 3 is 2.33 bits per heavy atom. The van der Waals surface area contributed by atoms with E-state index in [0.717, 1.165) is 5.56 Å². The van der Waals surface area contributed by atoms with E-state index < -0.39 is 0 Å². The van der Waals surface area contributed by atoms with Gasteiger partial charge >= 0.3 is 51.4 Å². The van der Waals surface area contributed by atoms with E-state index in [2.05, 4.69) is 12.5 Å². The van der Waals surface area contributed by atoms with Crippen LogP contribution in [0.3, 0.4) is 0 Å². The summed E-state index contributed by atoms with van der Waals surface area (Å²) in [5, 5.41) is 8.52. The second kappa shape index (κ2) is 4.55. The average molecular weight is 181 g/mol. The molecule has 0 bridgehead atoms. The van der Waals surface area contributed by atoms with Crippen molar-refractivity contribution >= 4 is 0 Å². The van der Waals surface area contributed by atoms with Crippen LogP contribution >= 0.6 is 0 Å². The van der Waals surface area contributed by atoms with Crippen LogP contribution in [0.2, 0.25) is 0 Å². The van der Waals surface area contributed by atoms with E-state index >= 15 is 0 Å². The molecule has 12 heavy (non-hydrogen) atoms. The summed E-state index contributed by atoms with van der Waals surface area (Å²) in [6.07, 6.45) is 3.47. The van der Waals surface area contributed by atoms with E-state index in [1.54, 1.807) is 0 Å². The van der Waals surface area contributed by atoms with Crippen LogP contribution in [0.25, 0.3) is 0 Å². The molecule has 2 heteroatoms. The van der Waals surface area contributed by atoms with E-state index in [1.165, 1.54) is 12.0 Å². The monoisotopic (exact) mass is 181 g/mol. The van der Waals surface area contributed by atoms with Crippen molar-refractivity contribution in [1.29, 1.82) is 5.26 Å². The fourth-order valence-electron chi connectivity index (χ4n) is 1.15. The molecule has 0 spiro atoms. The van der Waals surface area contributed by atoms with Gasteiger partial charge in [-0.15, -0.1) is 0 Å². The number of hydrogen-bond acceptors (Lipinski definition) is 1. The fourth-order valence-corrected chi connectivity index (χ4v) is 1.15. The van der Waals surface area contributed by atoms with Gasteiger partial charge in [-0.2, -0.15) is 17.6 Å². The Hall–Kier alpha value is 0.346. The summed E-state index contributed by atoms with van der Waals surface area (Å²) in [5.41, 5.74) is 2.08. The molecule has 0 amide bonds. The zero-order chi connectivity index (χ0) is 7.68. The van der Waals surface area contributed by atoms with Gasteiger partial charge in [-0.3, -0.25) is 0 Å². The number of benzene rings is 1. The third kappa shape index (κ3) is 2.41. The van der Waals surface area contributed by atoms with Crippen LogP contribution in [0.5, 0.6) is 0 Å². The zero-order valence-electron chi connectivity index (χ0n) is 7.12. The van der Waals surface area contributed by atoms with Crippen molar-refractivity contribution < 1.29 is 51.4 Å². The first-order valence-corrected chi connectivity index (χ1v) is 3.73. The largest absolute Gasteiger partial charge is 1.00 e. The summed E-state index contributed by atoms with van der Waals surface area (Å²) in [6, 6.07) is 9.93. The zero-order valence-corrected chi connectivity index (χ0v) is 10.2. The molecule has 1 aliphatic carbocycles. The standard InChI is InChI=1S/C10H8N.K/c11-7-8-1-3-9(4-2-8)10-5-6-10;/h1-5,10H,6H2;/q-1;+1/t10-;/m1./s1. The first-order valence-electron chi connectivity index (χ1n) is 3.73. The van der Waals surface area contributed by atoms with Crippen LogP contribution in [0, 0.1) is 17.8 Å². The maximum Gasteiger partial charge on any atom is 1.00 e. The van der Waals surface area contributed by atoms with Gasteiger partial charge in [-0.1, -0.05) is 17.7 Å². The first-order chi connectivity index (χ1) is 5.40.